The number of hydrogen-bond acceptors (Lipinski definition) is 3. The van der Waals surface area contributed by atoms with Gasteiger partial charge in [0.1, 0.15) is 0 Å². The highest BCUT2D eigenvalue weighted by Gasteiger charge is 2.03. The van der Waals surface area contributed by atoms with E-state index in [0.29, 0.717) is 5.56 Å². The van der Waals surface area contributed by atoms with E-state index in [4.69, 9.17) is 5.11 Å². The number of carboxylic acid groups (broad SMARTS) is 1. The smallest absolute Gasteiger partial charge is 0.335 e. The third-order valence-corrected chi connectivity index (χ3v) is 2.92. The predicted octanol–water partition coefficient (Wildman–Crippen LogP) is 2.18. The number of aromatic carboxylic acids is 1. The van der Waals surface area contributed by atoms with Crippen LogP contribution in [0, 0.1) is 0 Å². The number of rotatable bonds is 6. The summed E-state index contributed by atoms with van der Waals surface area (Å²) < 4.78 is 0. The average Bonchev–Trinajstić information content (AvgIpc) is 2.27. The lowest BCUT2D eigenvalue weighted by Crippen LogP contribution is -2.20. The molecule has 1 aromatic carbocycles. The first-order valence-corrected chi connectivity index (χ1v) is 6.52. The van der Waals surface area contributed by atoms with Crippen molar-refractivity contribution in [3.05, 3.63) is 35.4 Å². The van der Waals surface area contributed by atoms with Gasteiger partial charge in [-0.15, -0.1) is 0 Å². The van der Waals surface area contributed by atoms with Gasteiger partial charge in [0, 0.05) is 18.8 Å². The SMILES string of the molecule is CSCCN(C)Cc1ccc(C(=O)O)cc1. The van der Waals surface area contributed by atoms with Crippen molar-refractivity contribution in [2.24, 2.45) is 0 Å². The maximum Gasteiger partial charge on any atom is 0.335 e. The molecule has 0 spiro atoms. The molecule has 1 rings (SSSR count). The highest BCUT2D eigenvalue weighted by Crippen LogP contribution is 2.07. The third kappa shape index (κ3) is 4.24. The lowest BCUT2D eigenvalue weighted by molar-refractivity contribution is 0.0697. The van der Waals surface area contributed by atoms with Crippen LogP contribution in [0.25, 0.3) is 0 Å². The van der Waals surface area contributed by atoms with Crippen LogP contribution in [0.5, 0.6) is 0 Å². The first kappa shape index (κ1) is 13.1. The molecular weight excluding hydrogens is 222 g/mol. The highest BCUT2D eigenvalue weighted by atomic mass is 32.2. The van der Waals surface area contributed by atoms with Gasteiger partial charge in [-0.2, -0.15) is 11.8 Å². The standard InChI is InChI=1S/C12H17NO2S/c1-13(7-8-16-2)9-10-3-5-11(6-4-10)12(14)15/h3-6H,7-9H2,1-2H3,(H,14,15). The summed E-state index contributed by atoms with van der Waals surface area (Å²) in [5, 5.41) is 8.76. The van der Waals surface area contributed by atoms with Crippen LogP contribution in [0.2, 0.25) is 0 Å². The van der Waals surface area contributed by atoms with Gasteiger partial charge in [-0.1, -0.05) is 12.1 Å². The molecule has 0 radical (unpaired) electrons. The monoisotopic (exact) mass is 239 g/mol. The van der Waals surface area contributed by atoms with E-state index in [2.05, 4.69) is 18.2 Å². The minimum atomic E-state index is -0.873. The Hall–Kier alpha value is -1.00. The lowest BCUT2D eigenvalue weighted by atomic mass is 10.1. The Morgan fingerprint density at radius 1 is 1.38 bits per heavy atom. The minimum absolute atomic E-state index is 0.343. The summed E-state index contributed by atoms with van der Waals surface area (Å²) in [4.78, 5) is 12.9. The molecule has 0 fully saturated rings. The number of hydrogen-bond donors (Lipinski definition) is 1. The molecule has 0 aliphatic carbocycles. The Kier molecular flexibility index (Phi) is 5.35. The highest BCUT2D eigenvalue weighted by molar-refractivity contribution is 7.98. The normalized spacial score (nSPS) is 10.7. The second-order valence-corrected chi connectivity index (χ2v) is 4.72. The topological polar surface area (TPSA) is 40.5 Å². The van der Waals surface area contributed by atoms with Crippen LogP contribution >= 0.6 is 11.8 Å². The van der Waals surface area contributed by atoms with E-state index >= 15 is 0 Å². The van der Waals surface area contributed by atoms with Gasteiger partial charge in [0.25, 0.3) is 0 Å². The maximum absolute atomic E-state index is 10.7. The van der Waals surface area contributed by atoms with Crippen LogP contribution in [0.3, 0.4) is 0 Å². The van der Waals surface area contributed by atoms with E-state index in [1.54, 1.807) is 12.1 Å². The molecule has 4 heteroatoms. The van der Waals surface area contributed by atoms with Gasteiger partial charge in [-0.3, -0.25) is 0 Å². The van der Waals surface area contributed by atoms with Crippen molar-refractivity contribution in [1.82, 2.24) is 4.90 Å². The summed E-state index contributed by atoms with van der Waals surface area (Å²) in [6, 6.07) is 7.05. The molecule has 0 aromatic heterocycles. The molecule has 0 amide bonds. The molecule has 3 nitrogen and oxygen atoms in total. The van der Waals surface area contributed by atoms with Crippen molar-refractivity contribution >= 4 is 17.7 Å². The number of carboxylic acids is 1. The van der Waals surface area contributed by atoms with Gasteiger partial charge in [-0.25, -0.2) is 4.79 Å². The molecular formula is C12H17NO2S. The first-order valence-electron chi connectivity index (χ1n) is 5.13. The van der Waals surface area contributed by atoms with Crippen molar-refractivity contribution < 1.29 is 9.90 Å². The quantitative estimate of drug-likeness (QED) is 0.826. The zero-order valence-electron chi connectivity index (χ0n) is 9.64. The number of thioether (sulfide) groups is 1. The van der Waals surface area contributed by atoms with E-state index < -0.39 is 5.97 Å². The second kappa shape index (κ2) is 6.55. The van der Waals surface area contributed by atoms with Crippen LogP contribution in [-0.2, 0) is 6.54 Å². The minimum Gasteiger partial charge on any atom is -0.478 e. The van der Waals surface area contributed by atoms with Crippen molar-refractivity contribution in [2.45, 2.75) is 6.54 Å². The summed E-state index contributed by atoms with van der Waals surface area (Å²) in [5.74, 6) is 0.242. The molecule has 1 N–H and O–H groups in total. The van der Waals surface area contributed by atoms with Crippen molar-refractivity contribution in [1.29, 1.82) is 0 Å². The van der Waals surface area contributed by atoms with Crippen molar-refractivity contribution in [3.63, 3.8) is 0 Å². The molecule has 88 valence electrons. The number of carbonyl (C=O) groups is 1. The molecule has 0 aliphatic rings. The Balaban J connectivity index is 2.51. The first-order chi connectivity index (χ1) is 7.63. The average molecular weight is 239 g/mol. The molecule has 1 aromatic rings. The maximum atomic E-state index is 10.7. The summed E-state index contributed by atoms with van der Waals surface area (Å²) in [6.45, 7) is 1.91. The summed E-state index contributed by atoms with van der Waals surface area (Å²) in [7, 11) is 2.07. The van der Waals surface area contributed by atoms with Crippen molar-refractivity contribution in [2.75, 3.05) is 25.6 Å². The molecule has 0 heterocycles. The Morgan fingerprint density at radius 3 is 2.50 bits per heavy atom. The van der Waals surface area contributed by atoms with Crippen LogP contribution in [-0.4, -0.2) is 41.6 Å². The molecule has 0 saturated carbocycles. The Morgan fingerprint density at radius 2 is 2.00 bits per heavy atom. The van der Waals surface area contributed by atoms with Crippen LogP contribution in [0.15, 0.2) is 24.3 Å². The number of benzene rings is 1. The van der Waals surface area contributed by atoms with E-state index in [-0.39, 0.29) is 0 Å². The molecule has 0 atom stereocenters. The van der Waals surface area contributed by atoms with E-state index in [0.717, 1.165) is 24.4 Å². The largest absolute Gasteiger partial charge is 0.478 e. The third-order valence-electron chi connectivity index (χ3n) is 2.33. The Bertz CT molecular complexity index is 337. The fourth-order valence-electron chi connectivity index (χ4n) is 1.39. The summed E-state index contributed by atoms with van der Waals surface area (Å²) in [6.07, 6.45) is 2.09. The van der Waals surface area contributed by atoms with Gasteiger partial charge < -0.3 is 10.0 Å². The van der Waals surface area contributed by atoms with E-state index in [1.165, 1.54) is 0 Å². The van der Waals surface area contributed by atoms with Gasteiger partial charge in [0.15, 0.2) is 0 Å². The zero-order chi connectivity index (χ0) is 12.0. The lowest BCUT2D eigenvalue weighted by Gasteiger charge is -2.15. The molecule has 0 saturated heterocycles. The molecule has 16 heavy (non-hydrogen) atoms. The second-order valence-electron chi connectivity index (χ2n) is 3.73. The summed E-state index contributed by atoms with van der Waals surface area (Å²) >= 11 is 1.83. The van der Waals surface area contributed by atoms with Gasteiger partial charge in [0.05, 0.1) is 5.56 Å². The molecule has 0 unspecified atom stereocenters. The summed E-state index contributed by atoms with van der Waals surface area (Å²) in [5.41, 5.74) is 1.49. The number of nitrogens with zero attached hydrogens (tertiary/aromatic N) is 1. The fourth-order valence-corrected chi connectivity index (χ4v) is 1.88. The van der Waals surface area contributed by atoms with Gasteiger partial charge in [0.2, 0.25) is 0 Å². The molecule has 0 bridgehead atoms. The van der Waals surface area contributed by atoms with Gasteiger partial charge in [-0.05, 0) is 31.0 Å². The van der Waals surface area contributed by atoms with Crippen LogP contribution in [0.1, 0.15) is 15.9 Å². The fraction of sp³-hybridized carbons (Fsp3) is 0.417. The van der Waals surface area contributed by atoms with Gasteiger partial charge >= 0.3 is 5.97 Å². The van der Waals surface area contributed by atoms with Crippen LogP contribution in [0.4, 0.5) is 0 Å². The molecule has 0 aliphatic heterocycles. The van der Waals surface area contributed by atoms with Crippen LogP contribution < -0.4 is 0 Å². The van der Waals surface area contributed by atoms with Crippen molar-refractivity contribution in [3.8, 4) is 0 Å². The zero-order valence-corrected chi connectivity index (χ0v) is 10.5. The predicted molar refractivity (Wildman–Crippen MR) is 68.1 cm³/mol. The van der Waals surface area contributed by atoms with E-state index in [9.17, 15) is 4.79 Å². The Labute approximate surface area is 100 Å². The van der Waals surface area contributed by atoms with E-state index in [1.807, 2.05) is 23.9 Å².